The van der Waals surface area contributed by atoms with Crippen LogP contribution in [0, 0.1) is 11.8 Å². The highest BCUT2D eigenvalue weighted by atomic mass is 127. The average Bonchev–Trinajstić information content (AvgIpc) is 3.36. The van der Waals surface area contributed by atoms with E-state index in [1.165, 1.54) is 19.3 Å². The fourth-order valence-corrected chi connectivity index (χ4v) is 2.66. The molecule has 2 rings (SSSR count). The molecule has 1 aliphatic heterocycles. The summed E-state index contributed by atoms with van der Waals surface area (Å²) in [5.41, 5.74) is 0. The summed E-state index contributed by atoms with van der Waals surface area (Å²) in [7, 11) is 0. The predicted octanol–water partition coefficient (Wildman–Crippen LogP) is 2.79. The van der Waals surface area contributed by atoms with E-state index >= 15 is 0 Å². The Labute approximate surface area is 158 Å². The van der Waals surface area contributed by atoms with Crippen LogP contribution in [0.5, 0.6) is 0 Å². The van der Waals surface area contributed by atoms with Crippen LogP contribution < -0.4 is 10.6 Å². The van der Waals surface area contributed by atoms with E-state index in [-0.39, 0.29) is 24.0 Å². The summed E-state index contributed by atoms with van der Waals surface area (Å²) in [5, 5.41) is 6.72. The lowest BCUT2D eigenvalue weighted by Crippen LogP contribution is -2.38. The molecule has 0 bridgehead atoms. The van der Waals surface area contributed by atoms with Crippen molar-refractivity contribution in [3.8, 4) is 0 Å². The molecule has 0 unspecified atom stereocenters. The van der Waals surface area contributed by atoms with Crippen molar-refractivity contribution in [2.75, 3.05) is 46.1 Å². The first-order chi connectivity index (χ1) is 10.9. The van der Waals surface area contributed by atoms with Crippen molar-refractivity contribution in [1.82, 2.24) is 10.6 Å². The molecule has 0 amide bonds. The quantitative estimate of drug-likeness (QED) is 0.238. The van der Waals surface area contributed by atoms with Crippen LogP contribution in [0.25, 0.3) is 0 Å². The Kier molecular flexibility index (Phi) is 12.1. The lowest BCUT2D eigenvalue weighted by atomic mass is 10.0. The predicted molar refractivity (Wildman–Crippen MR) is 106 cm³/mol. The lowest BCUT2D eigenvalue weighted by molar-refractivity contribution is 0.0205. The second-order valence-corrected chi connectivity index (χ2v) is 6.40. The molecule has 1 heterocycles. The molecule has 0 aromatic carbocycles. The average molecular weight is 439 g/mol. The molecule has 6 heteroatoms. The van der Waals surface area contributed by atoms with Crippen molar-refractivity contribution in [2.24, 2.45) is 16.8 Å². The summed E-state index contributed by atoms with van der Waals surface area (Å²) in [6.45, 7) is 8.37. The zero-order chi connectivity index (χ0) is 15.5. The van der Waals surface area contributed by atoms with Crippen LogP contribution in [0.15, 0.2) is 4.99 Å². The van der Waals surface area contributed by atoms with Crippen LogP contribution in [-0.2, 0) is 9.47 Å². The SMILES string of the molecule is CCNC(=NCCCOCC1CCOCC1)NCCC1CC1.I. The van der Waals surface area contributed by atoms with E-state index in [0.29, 0.717) is 5.92 Å². The number of aliphatic imine (C=N–C) groups is 1. The lowest BCUT2D eigenvalue weighted by Gasteiger charge is -2.21. The Balaban J connectivity index is 0.00000264. The number of hydrogen-bond donors (Lipinski definition) is 2. The van der Waals surface area contributed by atoms with Gasteiger partial charge in [-0.05, 0) is 44.4 Å². The van der Waals surface area contributed by atoms with E-state index in [0.717, 1.165) is 77.2 Å². The van der Waals surface area contributed by atoms with Crippen LogP contribution in [-0.4, -0.2) is 52.0 Å². The minimum absolute atomic E-state index is 0. The smallest absolute Gasteiger partial charge is 0.191 e. The van der Waals surface area contributed by atoms with E-state index in [1.807, 2.05) is 0 Å². The zero-order valence-electron chi connectivity index (χ0n) is 14.5. The molecule has 0 spiro atoms. The maximum atomic E-state index is 5.77. The fraction of sp³-hybridized carbons (Fsp3) is 0.941. The number of ether oxygens (including phenoxy) is 2. The van der Waals surface area contributed by atoms with Gasteiger partial charge in [-0.15, -0.1) is 24.0 Å². The van der Waals surface area contributed by atoms with Gasteiger partial charge in [0.1, 0.15) is 0 Å². The molecule has 0 atom stereocenters. The molecule has 5 nitrogen and oxygen atoms in total. The summed E-state index contributed by atoms with van der Waals surface area (Å²) in [6.07, 6.45) is 7.39. The Morgan fingerprint density at radius 2 is 1.91 bits per heavy atom. The molecule has 1 saturated carbocycles. The second-order valence-electron chi connectivity index (χ2n) is 6.40. The van der Waals surface area contributed by atoms with Crippen molar-refractivity contribution in [3.05, 3.63) is 0 Å². The van der Waals surface area contributed by atoms with Crippen LogP contribution in [0.4, 0.5) is 0 Å². The maximum absolute atomic E-state index is 5.77. The van der Waals surface area contributed by atoms with E-state index in [1.54, 1.807) is 0 Å². The van der Waals surface area contributed by atoms with E-state index < -0.39 is 0 Å². The summed E-state index contributed by atoms with van der Waals surface area (Å²) in [4.78, 5) is 4.61. The van der Waals surface area contributed by atoms with Gasteiger partial charge in [0.05, 0.1) is 0 Å². The molecular weight excluding hydrogens is 405 g/mol. The summed E-state index contributed by atoms with van der Waals surface area (Å²) in [6, 6.07) is 0. The number of guanidine groups is 1. The van der Waals surface area contributed by atoms with E-state index in [4.69, 9.17) is 9.47 Å². The summed E-state index contributed by atoms with van der Waals surface area (Å²) < 4.78 is 11.1. The highest BCUT2D eigenvalue weighted by molar-refractivity contribution is 14.0. The molecule has 0 radical (unpaired) electrons. The number of nitrogens with zero attached hydrogens (tertiary/aromatic N) is 1. The van der Waals surface area contributed by atoms with Gasteiger partial charge in [-0.1, -0.05) is 12.8 Å². The number of hydrogen-bond acceptors (Lipinski definition) is 3. The first kappa shape index (κ1) is 21.0. The molecule has 2 aliphatic rings. The molecule has 2 N–H and O–H groups in total. The first-order valence-corrected chi connectivity index (χ1v) is 9.06. The van der Waals surface area contributed by atoms with Crippen LogP contribution in [0.2, 0.25) is 0 Å². The zero-order valence-corrected chi connectivity index (χ0v) is 16.8. The van der Waals surface area contributed by atoms with Gasteiger partial charge in [-0.25, -0.2) is 0 Å². The van der Waals surface area contributed by atoms with Gasteiger partial charge in [0.2, 0.25) is 0 Å². The molecule has 2 fully saturated rings. The standard InChI is InChI=1S/C17H33N3O2.HI/c1-2-18-17(20-10-6-15-4-5-15)19-9-3-11-22-14-16-7-12-21-13-8-16;/h15-16H,2-14H2,1H3,(H2,18,19,20);1H. The highest BCUT2D eigenvalue weighted by Gasteiger charge is 2.20. The topological polar surface area (TPSA) is 54.9 Å². The molecule has 0 aromatic heterocycles. The molecule has 23 heavy (non-hydrogen) atoms. The third kappa shape index (κ3) is 10.4. The first-order valence-electron chi connectivity index (χ1n) is 9.06. The van der Waals surface area contributed by atoms with Gasteiger partial charge in [0.25, 0.3) is 0 Å². The number of nitrogens with one attached hydrogen (secondary N) is 2. The Morgan fingerprint density at radius 3 is 2.61 bits per heavy atom. The minimum Gasteiger partial charge on any atom is -0.381 e. The highest BCUT2D eigenvalue weighted by Crippen LogP contribution is 2.31. The van der Waals surface area contributed by atoms with Gasteiger partial charge in [0.15, 0.2) is 5.96 Å². The third-order valence-corrected chi connectivity index (χ3v) is 4.30. The van der Waals surface area contributed by atoms with Crippen molar-refractivity contribution >= 4 is 29.9 Å². The molecule has 1 aliphatic carbocycles. The van der Waals surface area contributed by atoms with Crippen molar-refractivity contribution in [2.45, 2.75) is 45.4 Å². The summed E-state index contributed by atoms with van der Waals surface area (Å²) >= 11 is 0. The minimum atomic E-state index is 0. The third-order valence-electron chi connectivity index (χ3n) is 4.30. The Bertz CT molecular complexity index is 319. The molecule has 0 aromatic rings. The number of halogens is 1. The number of rotatable bonds is 10. The Morgan fingerprint density at radius 1 is 1.13 bits per heavy atom. The van der Waals surface area contributed by atoms with Crippen molar-refractivity contribution < 1.29 is 9.47 Å². The van der Waals surface area contributed by atoms with Gasteiger partial charge in [-0.2, -0.15) is 0 Å². The van der Waals surface area contributed by atoms with E-state index in [2.05, 4.69) is 22.5 Å². The molecule has 1 saturated heterocycles. The van der Waals surface area contributed by atoms with Gasteiger partial charge < -0.3 is 20.1 Å². The van der Waals surface area contributed by atoms with Gasteiger partial charge >= 0.3 is 0 Å². The Hall–Kier alpha value is -0.0800. The van der Waals surface area contributed by atoms with Crippen LogP contribution in [0.3, 0.4) is 0 Å². The molecule has 136 valence electrons. The van der Waals surface area contributed by atoms with Gasteiger partial charge in [0, 0.05) is 46.1 Å². The summed E-state index contributed by atoms with van der Waals surface area (Å²) in [5.74, 6) is 2.61. The fourth-order valence-electron chi connectivity index (χ4n) is 2.66. The van der Waals surface area contributed by atoms with Crippen LogP contribution >= 0.6 is 24.0 Å². The van der Waals surface area contributed by atoms with Crippen molar-refractivity contribution in [1.29, 1.82) is 0 Å². The monoisotopic (exact) mass is 439 g/mol. The molecular formula is C17H34IN3O2. The van der Waals surface area contributed by atoms with Gasteiger partial charge in [-0.3, -0.25) is 4.99 Å². The second kappa shape index (κ2) is 13.2. The van der Waals surface area contributed by atoms with Crippen LogP contribution in [0.1, 0.15) is 45.4 Å². The maximum Gasteiger partial charge on any atom is 0.191 e. The van der Waals surface area contributed by atoms with E-state index in [9.17, 15) is 0 Å². The normalized spacial score (nSPS) is 19.3. The van der Waals surface area contributed by atoms with Crippen molar-refractivity contribution in [3.63, 3.8) is 0 Å². The largest absolute Gasteiger partial charge is 0.381 e.